The van der Waals surface area contributed by atoms with Crippen molar-refractivity contribution in [3.63, 3.8) is 0 Å². The fourth-order valence-electron chi connectivity index (χ4n) is 3.86. The van der Waals surface area contributed by atoms with Crippen molar-refractivity contribution in [1.29, 1.82) is 0 Å². The first-order chi connectivity index (χ1) is 13.9. The number of benzene rings is 2. The van der Waals surface area contributed by atoms with Crippen LogP contribution in [0.15, 0.2) is 48.5 Å². The highest BCUT2D eigenvalue weighted by Crippen LogP contribution is 2.29. The summed E-state index contributed by atoms with van der Waals surface area (Å²) in [6.45, 7) is 0. The van der Waals surface area contributed by atoms with Gasteiger partial charge in [-0.1, -0.05) is 48.5 Å². The number of rotatable bonds is 4. The SMILES string of the molecule is COC(=O)CC1Cc2ccccc2C1=O.O=C(O)CC1Cc2ccccc2C1=O. The Morgan fingerprint density at radius 2 is 1.31 bits per heavy atom. The van der Waals surface area contributed by atoms with Crippen molar-refractivity contribution in [3.05, 3.63) is 70.8 Å². The first-order valence-corrected chi connectivity index (χ1v) is 9.43. The molecule has 0 radical (unpaired) electrons. The highest BCUT2D eigenvalue weighted by molar-refractivity contribution is 6.04. The lowest BCUT2D eigenvalue weighted by molar-refractivity contribution is -0.141. The molecule has 2 atom stereocenters. The molecule has 0 bridgehead atoms. The van der Waals surface area contributed by atoms with Crippen LogP contribution in [-0.2, 0) is 27.2 Å². The van der Waals surface area contributed by atoms with Gasteiger partial charge in [-0.25, -0.2) is 0 Å². The van der Waals surface area contributed by atoms with Crippen molar-refractivity contribution < 1.29 is 29.0 Å². The van der Waals surface area contributed by atoms with Crippen LogP contribution in [0.3, 0.4) is 0 Å². The molecule has 0 saturated carbocycles. The number of methoxy groups -OCH3 is 1. The molecule has 0 amide bonds. The largest absolute Gasteiger partial charge is 0.481 e. The molecule has 2 aromatic carbocycles. The Hall–Kier alpha value is -3.28. The lowest BCUT2D eigenvalue weighted by Crippen LogP contribution is -2.15. The van der Waals surface area contributed by atoms with Gasteiger partial charge in [-0.15, -0.1) is 0 Å². The van der Waals surface area contributed by atoms with Gasteiger partial charge in [0.25, 0.3) is 0 Å². The number of ether oxygens (including phenoxy) is 1. The van der Waals surface area contributed by atoms with Gasteiger partial charge in [-0.3, -0.25) is 19.2 Å². The highest BCUT2D eigenvalue weighted by atomic mass is 16.5. The molecular weight excluding hydrogens is 372 g/mol. The van der Waals surface area contributed by atoms with E-state index in [2.05, 4.69) is 4.74 Å². The maximum atomic E-state index is 11.8. The molecule has 0 saturated heterocycles. The molecule has 2 unspecified atom stereocenters. The average molecular weight is 394 g/mol. The lowest BCUT2D eigenvalue weighted by atomic mass is 10.0. The summed E-state index contributed by atoms with van der Waals surface area (Å²) in [4.78, 5) is 45.1. The van der Waals surface area contributed by atoms with E-state index in [0.717, 1.165) is 16.7 Å². The third kappa shape index (κ3) is 4.59. The van der Waals surface area contributed by atoms with E-state index in [1.807, 2.05) is 36.4 Å². The van der Waals surface area contributed by atoms with Crippen molar-refractivity contribution in [1.82, 2.24) is 0 Å². The van der Waals surface area contributed by atoms with Gasteiger partial charge in [0.15, 0.2) is 11.6 Å². The van der Waals surface area contributed by atoms with Gasteiger partial charge in [0.1, 0.15) is 0 Å². The lowest BCUT2D eigenvalue weighted by Gasteiger charge is -2.04. The van der Waals surface area contributed by atoms with Crippen molar-refractivity contribution in [2.45, 2.75) is 25.7 Å². The number of hydrogen-bond acceptors (Lipinski definition) is 5. The molecule has 2 aliphatic carbocycles. The number of ketones is 2. The third-order valence-corrected chi connectivity index (χ3v) is 5.30. The van der Waals surface area contributed by atoms with Crippen LogP contribution in [0.4, 0.5) is 0 Å². The molecular formula is C23H22O6. The third-order valence-electron chi connectivity index (χ3n) is 5.30. The Kier molecular flexibility index (Phi) is 6.22. The maximum Gasteiger partial charge on any atom is 0.306 e. The van der Waals surface area contributed by atoms with E-state index < -0.39 is 5.97 Å². The Labute approximate surface area is 168 Å². The maximum absolute atomic E-state index is 11.8. The summed E-state index contributed by atoms with van der Waals surface area (Å²) in [6, 6.07) is 14.8. The number of esters is 1. The molecule has 0 spiro atoms. The number of carbonyl (C=O) groups is 4. The molecule has 150 valence electrons. The van der Waals surface area contributed by atoms with Gasteiger partial charge in [-0.2, -0.15) is 0 Å². The van der Waals surface area contributed by atoms with E-state index in [1.54, 1.807) is 12.1 Å². The molecule has 0 aromatic heterocycles. The molecule has 2 aromatic rings. The van der Waals surface area contributed by atoms with Crippen molar-refractivity contribution in [2.75, 3.05) is 7.11 Å². The number of carboxylic acids is 1. The quantitative estimate of drug-likeness (QED) is 0.800. The van der Waals surface area contributed by atoms with Gasteiger partial charge in [0.05, 0.1) is 20.0 Å². The van der Waals surface area contributed by atoms with E-state index in [4.69, 9.17) is 5.11 Å². The summed E-state index contributed by atoms with van der Waals surface area (Å²) in [6.07, 6.45) is 1.35. The summed E-state index contributed by atoms with van der Waals surface area (Å²) in [5.74, 6) is -1.77. The fourth-order valence-corrected chi connectivity index (χ4v) is 3.86. The van der Waals surface area contributed by atoms with Crippen LogP contribution in [-0.4, -0.2) is 35.7 Å². The van der Waals surface area contributed by atoms with Crippen LogP contribution in [0, 0.1) is 11.8 Å². The van der Waals surface area contributed by atoms with Gasteiger partial charge >= 0.3 is 11.9 Å². The van der Waals surface area contributed by atoms with E-state index in [9.17, 15) is 19.2 Å². The zero-order valence-corrected chi connectivity index (χ0v) is 16.1. The second kappa shape index (κ2) is 8.82. The second-order valence-corrected chi connectivity index (χ2v) is 7.22. The Balaban J connectivity index is 0.000000166. The van der Waals surface area contributed by atoms with Crippen LogP contribution in [0.25, 0.3) is 0 Å². The fraction of sp³-hybridized carbons (Fsp3) is 0.304. The predicted molar refractivity (Wildman–Crippen MR) is 105 cm³/mol. The smallest absolute Gasteiger partial charge is 0.306 e. The molecule has 6 heteroatoms. The number of carboxylic acid groups (broad SMARTS) is 1. The van der Waals surface area contributed by atoms with Crippen LogP contribution >= 0.6 is 0 Å². The highest BCUT2D eigenvalue weighted by Gasteiger charge is 2.32. The summed E-state index contributed by atoms with van der Waals surface area (Å²) in [7, 11) is 1.34. The molecule has 29 heavy (non-hydrogen) atoms. The topological polar surface area (TPSA) is 97.7 Å². The Bertz CT molecular complexity index is 961. The summed E-state index contributed by atoms with van der Waals surface area (Å²) in [5, 5.41) is 8.62. The Morgan fingerprint density at radius 3 is 1.72 bits per heavy atom. The first-order valence-electron chi connectivity index (χ1n) is 9.43. The van der Waals surface area contributed by atoms with Crippen molar-refractivity contribution in [2.24, 2.45) is 11.8 Å². The zero-order chi connectivity index (χ0) is 21.0. The first kappa shape index (κ1) is 20.5. The van der Waals surface area contributed by atoms with Crippen LogP contribution in [0.1, 0.15) is 44.7 Å². The van der Waals surface area contributed by atoms with Gasteiger partial charge in [0, 0.05) is 23.0 Å². The standard InChI is InChI=1S/C12H12O3.C11H10O3/c1-15-11(13)7-9-6-8-4-2-3-5-10(8)12(9)14;12-10(13)6-8-5-7-3-1-2-4-9(7)11(8)14/h2-5,9H,6-7H2,1H3;1-4,8H,5-6H2,(H,12,13). The van der Waals surface area contributed by atoms with Crippen LogP contribution < -0.4 is 0 Å². The molecule has 4 rings (SSSR count). The van der Waals surface area contributed by atoms with Crippen molar-refractivity contribution in [3.8, 4) is 0 Å². The number of hydrogen-bond donors (Lipinski definition) is 1. The minimum absolute atomic E-state index is 0.0250. The molecule has 0 aliphatic heterocycles. The zero-order valence-electron chi connectivity index (χ0n) is 16.1. The minimum atomic E-state index is -0.906. The van der Waals surface area contributed by atoms with Gasteiger partial charge < -0.3 is 9.84 Å². The molecule has 0 fully saturated rings. The van der Waals surface area contributed by atoms with E-state index in [0.29, 0.717) is 18.4 Å². The summed E-state index contributed by atoms with van der Waals surface area (Å²) >= 11 is 0. The van der Waals surface area contributed by atoms with Crippen LogP contribution in [0.2, 0.25) is 0 Å². The number of fused-ring (bicyclic) bond motifs is 2. The molecule has 6 nitrogen and oxygen atoms in total. The summed E-state index contributed by atoms with van der Waals surface area (Å²) < 4.78 is 4.57. The van der Waals surface area contributed by atoms with Crippen molar-refractivity contribution >= 4 is 23.5 Å². The number of carbonyl (C=O) groups excluding carboxylic acids is 3. The molecule has 2 aliphatic rings. The molecule has 0 heterocycles. The number of Topliss-reactive ketones (excluding diaryl/α,β-unsaturated/α-hetero) is 2. The predicted octanol–water partition coefficient (Wildman–Crippen LogP) is 3.12. The van der Waals surface area contributed by atoms with Gasteiger partial charge in [0.2, 0.25) is 0 Å². The molecule has 1 N–H and O–H groups in total. The van der Waals surface area contributed by atoms with E-state index >= 15 is 0 Å². The minimum Gasteiger partial charge on any atom is -0.481 e. The number of aliphatic carboxylic acids is 1. The van der Waals surface area contributed by atoms with E-state index in [-0.39, 0.29) is 42.2 Å². The normalized spacial score (nSPS) is 19.1. The van der Waals surface area contributed by atoms with Crippen LogP contribution in [0.5, 0.6) is 0 Å². The average Bonchev–Trinajstić information content (AvgIpc) is 3.19. The monoisotopic (exact) mass is 394 g/mol. The van der Waals surface area contributed by atoms with E-state index in [1.165, 1.54) is 7.11 Å². The van der Waals surface area contributed by atoms with Gasteiger partial charge in [-0.05, 0) is 24.0 Å². The Morgan fingerprint density at radius 1 is 0.862 bits per heavy atom. The second-order valence-electron chi connectivity index (χ2n) is 7.22. The summed E-state index contributed by atoms with van der Waals surface area (Å²) in [5.41, 5.74) is 3.46.